The first kappa shape index (κ1) is 16.8. The summed E-state index contributed by atoms with van der Waals surface area (Å²) in [5.41, 5.74) is 5.60. The summed E-state index contributed by atoms with van der Waals surface area (Å²) in [4.78, 5) is 13.3. The molecule has 3 aromatic rings. The number of hydrogen-bond donors (Lipinski definition) is 2. The zero-order valence-corrected chi connectivity index (χ0v) is 15.5. The Bertz CT molecular complexity index is 1080. The van der Waals surface area contributed by atoms with Gasteiger partial charge < -0.3 is 14.9 Å². The number of anilines is 1. The maximum atomic E-state index is 13.3. The molecule has 2 N–H and O–H groups in total. The van der Waals surface area contributed by atoms with Crippen molar-refractivity contribution >= 4 is 11.7 Å². The Labute approximate surface area is 162 Å². The lowest BCUT2D eigenvalue weighted by Crippen LogP contribution is -2.29. The van der Waals surface area contributed by atoms with Crippen molar-refractivity contribution < 1.29 is 14.4 Å². The van der Waals surface area contributed by atoms with E-state index in [1.54, 1.807) is 12.1 Å². The van der Waals surface area contributed by atoms with E-state index in [0.29, 0.717) is 18.7 Å². The van der Waals surface area contributed by atoms with Crippen LogP contribution in [0.1, 0.15) is 47.1 Å². The predicted octanol–water partition coefficient (Wildman–Crippen LogP) is 4.65. The van der Waals surface area contributed by atoms with Crippen LogP contribution in [0.3, 0.4) is 0 Å². The van der Waals surface area contributed by atoms with E-state index in [1.165, 1.54) is 0 Å². The number of hydrogen-bond acceptors (Lipinski definition) is 5. The number of phenols is 1. The third-order valence-corrected chi connectivity index (χ3v) is 5.76. The predicted molar refractivity (Wildman–Crippen MR) is 105 cm³/mol. The van der Waals surface area contributed by atoms with E-state index in [-0.39, 0.29) is 23.4 Å². The second-order valence-electron chi connectivity index (χ2n) is 7.49. The van der Waals surface area contributed by atoms with E-state index in [4.69, 9.17) is 4.52 Å². The summed E-state index contributed by atoms with van der Waals surface area (Å²) in [7, 11) is 0. The topological polar surface area (TPSA) is 75.4 Å². The molecule has 1 aliphatic carbocycles. The van der Waals surface area contributed by atoms with Crippen LogP contribution in [-0.4, -0.2) is 16.0 Å². The van der Waals surface area contributed by atoms with Gasteiger partial charge in [0.05, 0.1) is 11.3 Å². The monoisotopic (exact) mass is 372 g/mol. The van der Waals surface area contributed by atoms with Gasteiger partial charge in [-0.2, -0.15) is 0 Å². The molecule has 2 aromatic carbocycles. The fourth-order valence-electron chi connectivity index (χ4n) is 4.43. The zero-order valence-electron chi connectivity index (χ0n) is 15.5. The molecule has 2 aliphatic rings. The van der Waals surface area contributed by atoms with Crippen molar-refractivity contribution in [1.82, 2.24) is 5.16 Å². The molecule has 0 unspecified atom stereocenters. The molecule has 0 fully saturated rings. The number of allylic oxidation sites excluding steroid dienone is 2. The molecule has 5 nitrogen and oxygen atoms in total. The molecule has 0 bridgehead atoms. The number of aromatic hydroxyl groups is 1. The molecule has 140 valence electrons. The number of Topliss-reactive ketones (excluding diaryl/α,β-unsaturated/α-hetero) is 1. The fraction of sp³-hybridized carbons (Fsp3) is 0.217. The van der Waals surface area contributed by atoms with Crippen LogP contribution in [0.5, 0.6) is 5.75 Å². The first-order chi connectivity index (χ1) is 13.6. The number of aryl methyl sites for hydroxylation is 1. The smallest absolute Gasteiger partial charge is 0.233 e. The van der Waals surface area contributed by atoms with Crippen LogP contribution in [0.2, 0.25) is 0 Å². The minimum Gasteiger partial charge on any atom is -0.508 e. The maximum absolute atomic E-state index is 13.3. The first-order valence-electron chi connectivity index (χ1n) is 9.45. The molecule has 2 heterocycles. The zero-order chi connectivity index (χ0) is 19.3. The van der Waals surface area contributed by atoms with Crippen molar-refractivity contribution in [2.24, 2.45) is 0 Å². The van der Waals surface area contributed by atoms with Gasteiger partial charge in [-0.15, -0.1) is 0 Å². The molecule has 0 amide bonds. The quantitative estimate of drug-likeness (QED) is 0.685. The summed E-state index contributed by atoms with van der Waals surface area (Å²) in [5, 5.41) is 17.0. The fourth-order valence-corrected chi connectivity index (χ4v) is 4.43. The number of nitrogens with one attached hydrogen (secondary N) is 1. The van der Waals surface area contributed by atoms with Gasteiger partial charge in [0.2, 0.25) is 5.88 Å². The second-order valence-corrected chi connectivity index (χ2v) is 7.49. The highest BCUT2D eigenvalue weighted by molar-refractivity contribution is 6.01. The van der Waals surface area contributed by atoms with Crippen molar-refractivity contribution in [3.63, 3.8) is 0 Å². The third kappa shape index (κ3) is 2.62. The van der Waals surface area contributed by atoms with E-state index in [9.17, 15) is 9.90 Å². The lowest BCUT2D eigenvalue weighted by molar-refractivity contribution is -0.116. The van der Waals surface area contributed by atoms with Crippen LogP contribution in [0.15, 0.2) is 70.4 Å². The molecule has 2 atom stereocenters. The van der Waals surface area contributed by atoms with Gasteiger partial charge in [0, 0.05) is 23.6 Å². The van der Waals surface area contributed by atoms with Crippen LogP contribution < -0.4 is 5.32 Å². The van der Waals surface area contributed by atoms with Gasteiger partial charge >= 0.3 is 0 Å². The van der Waals surface area contributed by atoms with Gasteiger partial charge in [-0.1, -0.05) is 47.6 Å². The van der Waals surface area contributed by atoms with Crippen LogP contribution >= 0.6 is 0 Å². The van der Waals surface area contributed by atoms with E-state index in [0.717, 1.165) is 33.7 Å². The standard InChI is InChI=1S/C23H20N2O3/c1-13-20-21(15-5-3-2-4-6-15)22-18(24-23(20)28-25-13)11-16(12-19(22)27)14-7-9-17(26)10-8-14/h2-10,16,21,24,26H,11-12H2,1H3/t16-,21-/m0/s1. The van der Waals surface area contributed by atoms with Crippen molar-refractivity contribution in [2.75, 3.05) is 5.32 Å². The molecule has 0 radical (unpaired) electrons. The van der Waals surface area contributed by atoms with E-state index >= 15 is 0 Å². The van der Waals surface area contributed by atoms with Crippen LogP contribution in [0.25, 0.3) is 0 Å². The normalized spacial score (nSPS) is 21.1. The second kappa shape index (κ2) is 6.37. The molecule has 28 heavy (non-hydrogen) atoms. The minimum atomic E-state index is -0.160. The van der Waals surface area contributed by atoms with Gasteiger partial charge in [0.1, 0.15) is 5.75 Å². The van der Waals surface area contributed by atoms with E-state index in [2.05, 4.69) is 22.6 Å². The van der Waals surface area contributed by atoms with Crippen LogP contribution in [0.4, 0.5) is 5.88 Å². The number of carbonyl (C=O) groups excluding carboxylic acids is 1. The highest BCUT2D eigenvalue weighted by Crippen LogP contribution is 2.48. The summed E-state index contributed by atoms with van der Waals surface area (Å²) < 4.78 is 5.54. The molecule has 5 rings (SSSR count). The van der Waals surface area contributed by atoms with Crippen molar-refractivity contribution in [1.29, 1.82) is 0 Å². The number of rotatable bonds is 2. The summed E-state index contributed by atoms with van der Waals surface area (Å²) in [6, 6.07) is 17.2. The Balaban J connectivity index is 1.61. The number of phenolic OH excluding ortho intramolecular Hbond substituents is 1. The molecule has 0 spiro atoms. The summed E-state index contributed by atoms with van der Waals surface area (Å²) in [6.45, 7) is 1.91. The number of benzene rings is 2. The average Bonchev–Trinajstić information content (AvgIpc) is 3.08. The van der Waals surface area contributed by atoms with Gasteiger partial charge in [0.25, 0.3) is 0 Å². The SMILES string of the molecule is Cc1noc2c1[C@H](c1ccccc1)C1=C(C[C@H](c3ccc(O)cc3)CC1=O)N2. The molecule has 1 aromatic heterocycles. The molecular formula is C23H20N2O3. The highest BCUT2D eigenvalue weighted by Gasteiger charge is 2.40. The Kier molecular flexibility index (Phi) is 3.83. The summed E-state index contributed by atoms with van der Waals surface area (Å²) in [5.74, 6) is 0.914. The van der Waals surface area contributed by atoms with Gasteiger partial charge in [-0.05, 0) is 42.5 Å². The highest BCUT2D eigenvalue weighted by atomic mass is 16.5. The first-order valence-corrected chi connectivity index (χ1v) is 9.45. The molecule has 0 saturated heterocycles. The molecule has 0 saturated carbocycles. The Morgan fingerprint density at radius 2 is 1.79 bits per heavy atom. The van der Waals surface area contributed by atoms with Crippen molar-refractivity contribution in [3.8, 4) is 5.75 Å². The number of nitrogens with zero attached hydrogens (tertiary/aromatic N) is 1. The van der Waals surface area contributed by atoms with Crippen LogP contribution in [-0.2, 0) is 4.79 Å². The maximum Gasteiger partial charge on any atom is 0.233 e. The van der Waals surface area contributed by atoms with E-state index in [1.807, 2.05) is 37.3 Å². The van der Waals surface area contributed by atoms with Crippen molar-refractivity contribution in [2.45, 2.75) is 31.6 Å². The summed E-state index contributed by atoms with van der Waals surface area (Å²) in [6.07, 6.45) is 1.17. The number of ketones is 1. The Hall–Kier alpha value is -3.34. The summed E-state index contributed by atoms with van der Waals surface area (Å²) >= 11 is 0. The van der Waals surface area contributed by atoms with Crippen molar-refractivity contribution in [3.05, 3.63) is 88.3 Å². The largest absolute Gasteiger partial charge is 0.508 e. The third-order valence-electron chi connectivity index (χ3n) is 5.76. The van der Waals surface area contributed by atoms with Crippen LogP contribution in [0, 0.1) is 6.92 Å². The molecule has 5 heteroatoms. The number of fused-ring (bicyclic) bond motifs is 1. The number of aromatic nitrogens is 1. The van der Waals surface area contributed by atoms with E-state index < -0.39 is 0 Å². The van der Waals surface area contributed by atoms with Gasteiger partial charge in [-0.25, -0.2) is 0 Å². The lowest BCUT2D eigenvalue weighted by atomic mass is 9.72. The Morgan fingerprint density at radius 1 is 1.04 bits per heavy atom. The minimum absolute atomic E-state index is 0.0707. The van der Waals surface area contributed by atoms with Gasteiger partial charge in [-0.3, -0.25) is 4.79 Å². The molecular weight excluding hydrogens is 352 g/mol. The number of carbonyl (C=O) groups is 1. The Morgan fingerprint density at radius 3 is 2.54 bits per heavy atom. The molecule has 1 aliphatic heterocycles. The average molecular weight is 372 g/mol. The van der Waals surface area contributed by atoms with Gasteiger partial charge in [0.15, 0.2) is 5.78 Å². The lowest BCUT2D eigenvalue weighted by Gasteiger charge is -2.34.